The number of fused-ring (bicyclic) bond motifs is 1. The summed E-state index contributed by atoms with van der Waals surface area (Å²) >= 11 is 0. The molecule has 2 aromatic rings. The van der Waals surface area contributed by atoms with Crippen LogP contribution >= 0.6 is 0 Å². The van der Waals surface area contributed by atoms with Crippen LogP contribution in [0.1, 0.15) is 61.9 Å². The van der Waals surface area contributed by atoms with Crippen LogP contribution in [-0.4, -0.2) is 71.8 Å². The molecule has 1 saturated carbocycles. The number of para-hydroxylation sites is 1. The highest BCUT2D eigenvalue weighted by Gasteiger charge is 2.34. The number of rotatable bonds is 8. The van der Waals surface area contributed by atoms with E-state index in [-0.39, 0.29) is 42.7 Å². The van der Waals surface area contributed by atoms with Crippen LogP contribution in [0, 0.1) is 5.92 Å². The largest absolute Gasteiger partial charge is 0.486 e. The molecule has 0 unspecified atom stereocenters. The van der Waals surface area contributed by atoms with Crippen LogP contribution in [0.4, 0.5) is 10.5 Å². The van der Waals surface area contributed by atoms with Crippen molar-refractivity contribution in [3.63, 3.8) is 0 Å². The number of hydrogen-bond donors (Lipinski definition) is 3. The van der Waals surface area contributed by atoms with Crippen LogP contribution in [0.15, 0.2) is 48.5 Å². The van der Waals surface area contributed by atoms with E-state index in [2.05, 4.69) is 41.6 Å². The van der Waals surface area contributed by atoms with E-state index in [4.69, 9.17) is 4.74 Å². The number of aliphatic hydroxyl groups excluding tert-OH is 1. The van der Waals surface area contributed by atoms with Gasteiger partial charge in [-0.25, -0.2) is 4.79 Å². The Labute approximate surface area is 226 Å². The molecule has 3 amide bonds. The molecule has 2 aromatic carbocycles. The number of likely N-dealkylation sites (N-methyl/N-ethyl adjacent to an activating group) is 1. The molecule has 1 heterocycles. The summed E-state index contributed by atoms with van der Waals surface area (Å²) in [6, 6.07) is 15.1. The molecule has 0 bridgehead atoms. The lowest BCUT2D eigenvalue weighted by Gasteiger charge is -2.38. The van der Waals surface area contributed by atoms with Crippen molar-refractivity contribution in [2.45, 2.75) is 70.7 Å². The lowest BCUT2D eigenvalue weighted by atomic mass is 9.96. The Balaban J connectivity index is 1.60. The molecule has 3 atom stereocenters. The van der Waals surface area contributed by atoms with E-state index < -0.39 is 0 Å². The molecule has 3 N–H and O–H groups in total. The molecule has 8 heteroatoms. The molecule has 1 aliphatic carbocycles. The number of carbonyl (C=O) groups is 2. The Morgan fingerprint density at radius 2 is 1.87 bits per heavy atom. The maximum Gasteiger partial charge on any atom is 0.319 e. The molecule has 2 aliphatic rings. The van der Waals surface area contributed by atoms with Gasteiger partial charge in [-0.2, -0.15) is 0 Å². The summed E-state index contributed by atoms with van der Waals surface area (Å²) < 4.78 is 6.62. The average Bonchev–Trinajstić information content (AvgIpc) is 2.91. The number of amides is 3. The first-order valence-corrected chi connectivity index (χ1v) is 13.9. The van der Waals surface area contributed by atoms with Gasteiger partial charge >= 0.3 is 6.03 Å². The van der Waals surface area contributed by atoms with E-state index in [0.29, 0.717) is 30.1 Å². The van der Waals surface area contributed by atoms with Gasteiger partial charge in [-0.15, -0.1) is 0 Å². The van der Waals surface area contributed by atoms with Crippen molar-refractivity contribution in [1.29, 1.82) is 0 Å². The molecule has 4 rings (SSSR count). The van der Waals surface area contributed by atoms with Crippen LogP contribution in [0.2, 0.25) is 0 Å². The zero-order valence-electron chi connectivity index (χ0n) is 22.9. The van der Waals surface area contributed by atoms with E-state index in [0.717, 1.165) is 32.2 Å². The molecule has 0 aromatic heterocycles. The minimum absolute atomic E-state index is 0.0107. The van der Waals surface area contributed by atoms with E-state index in [1.807, 2.05) is 25.1 Å². The third-order valence-electron chi connectivity index (χ3n) is 7.67. The fourth-order valence-corrected chi connectivity index (χ4v) is 5.42. The number of benzene rings is 2. The summed E-state index contributed by atoms with van der Waals surface area (Å²) in [5.74, 6) is 0.167. The first-order chi connectivity index (χ1) is 18.4. The Hall–Kier alpha value is -3.10. The van der Waals surface area contributed by atoms with Gasteiger partial charge in [0.25, 0.3) is 5.91 Å². The predicted octanol–water partition coefficient (Wildman–Crippen LogP) is 4.49. The van der Waals surface area contributed by atoms with Crippen molar-refractivity contribution >= 4 is 17.6 Å². The van der Waals surface area contributed by atoms with Crippen molar-refractivity contribution in [1.82, 2.24) is 15.1 Å². The molecule has 0 spiro atoms. The lowest BCUT2D eigenvalue weighted by molar-refractivity contribution is 0.0343. The van der Waals surface area contributed by atoms with Crippen molar-refractivity contribution in [2.75, 3.05) is 32.1 Å². The fraction of sp³-hybridized carbons (Fsp3) is 0.533. The average molecular weight is 523 g/mol. The van der Waals surface area contributed by atoms with Crippen molar-refractivity contribution in [2.24, 2.45) is 5.92 Å². The summed E-state index contributed by atoms with van der Waals surface area (Å²) in [6.45, 7) is 5.65. The Morgan fingerprint density at radius 1 is 1.13 bits per heavy atom. The summed E-state index contributed by atoms with van der Waals surface area (Å²) in [5, 5.41) is 16.0. The van der Waals surface area contributed by atoms with Gasteiger partial charge in [-0.05, 0) is 44.5 Å². The van der Waals surface area contributed by atoms with E-state index >= 15 is 0 Å². The summed E-state index contributed by atoms with van der Waals surface area (Å²) in [6.07, 6.45) is 5.18. The SMILES string of the molecule is C[C@@H]1CN([C@@H](C)CO)C(=O)c2cccc(NC(=O)NC3CCCCC3)c2O[C@H]1CN(C)Cc1ccccc1. The number of carbonyl (C=O) groups excluding carboxylic acids is 2. The second-order valence-corrected chi connectivity index (χ2v) is 10.9. The minimum atomic E-state index is -0.343. The van der Waals surface area contributed by atoms with Crippen molar-refractivity contribution < 1.29 is 19.4 Å². The first-order valence-electron chi connectivity index (χ1n) is 13.9. The summed E-state index contributed by atoms with van der Waals surface area (Å²) in [7, 11) is 2.06. The highest BCUT2D eigenvalue weighted by Crippen LogP contribution is 2.35. The molecule has 8 nitrogen and oxygen atoms in total. The van der Waals surface area contributed by atoms with Gasteiger partial charge < -0.3 is 25.4 Å². The van der Waals surface area contributed by atoms with Crippen LogP contribution in [0.25, 0.3) is 0 Å². The molecule has 38 heavy (non-hydrogen) atoms. The number of urea groups is 1. The van der Waals surface area contributed by atoms with Gasteiger partial charge in [0.1, 0.15) is 6.10 Å². The number of aliphatic hydroxyl groups is 1. The molecular formula is C30H42N4O4. The summed E-state index contributed by atoms with van der Waals surface area (Å²) in [5.41, 5.74) is 2.08. The maximum absolute atomic E-state index is 13.7. The number of ether oxygens (including phenoxy) is 1. The molecule has 206 valence electrons. The van der Waals surface area contributed by atoms with Crippen molar-refractivity contribution in [3.8, 4) is 5.75 Å². The van der Waals surface area contributed by atoms with Gasteiger partial charge in [0, 0.05) is 31.6 Å². The van der Waals surface area contributed by atoms with Crippen LogP contribution in [0.3, 0.4) is 0 Å². The van der Waals surface area contributed by atoms with Gasteiger partial charge in [0.2, 0.25) is 0 Å². The number of anilines is 1. The normalized spacial score (nSPS) is 21.2. The highest BCUT2D eigenvalue weighted by atomic mass is 16.5. The molecule has 1 aliphatic heterocycles. The fourth-order valence-electron chi connectivity index (χ4n) is 5.42. The van der Waals surface area contributed by atoms with Gasteiger partial charge in [0.05, 0.1) is 23.9 Å². The number of nitrogens with one attached hydrogen (secondary N) is 2. The minimum Gasteiger partial charge on any atom is -0.486 e. The third kappa shape index (κ3) is 7.05. The second kappa shape index (κ2) is 13.1. The van der Waals surface area contributed by atoms with Gasteiger partial charge in [0.15, 0.2) is 5.75 Å². The predicted molar refractivity (Wildman–Crippen MR) is 149 cm³/mol. The summed E-state index contributed by atoms with van der Waals surface area (Å²) in [4.78, 5) is 30.5. The Morgan fingerprint density at radius 3 is 2.58 bits per heavy atom. The smallest absolute Gasteiger partial charge is 0.319 e. The van der Waals surface area contributed by atoms with E-state index in [1.54, 1.807) is 23.1 Å². The standard InChI is InChI=1S/C30H42N4O4/c1-21-17-34(22(2)20-35)29(36)25-15-10-16-26(32-30(37)31-24-13-8-5-9-14-24)28(25)38-27(21)19-33(3)18-23-11-6-4-7-12-23/h4,6-7,10-12,15-16,21-22,24,27,35H,5,8-9,13-14,17-20H2,1-3H3,(H2,31,32,37)/t21-,22+,27+/m1/s1. The molecular weight excluding hydrogens is 480 g/mol. The molecule has 0 saturated heterocycles. The van der Waals surface area contributed by atoms with Crippen LogP contribution < -0.4 is 15.4 Å². The quantitative estimate of drug-likeness (QED) is 0.475. The molecule has 1 fully saturated rings. The Bertz CT molecular complexity index is 1070. The van der Waals surface area contributed by atoms with Crippen LogP contribution in [0.5, 0.6) is 5.75 Å². The van der Waals surface area contributed by atoms with E-state index in [1.165, 1.54) is 12.0 Å². The van der Waals surface area contributed by atoms with Gasteiger partial charge in [-0.1, -0.05) is 62.6 Å². The number of nitrogens with zero attached hydrogens (tertiary/aromatic N) is 2. The third-order valence-corrected chi connectivity index (χ3v) is 7.67. The maximum atomic E-state index is 13.7. The topological polar surface area (TPSA) is 94.1 Å². The monoisotopic (exact) mass is 522 g/mol. The molecule has 0 radical (unpaired) electrons. The second-order valence-electron chi connectivity index (χ2n) is 10.9. The first kappa shape index (κ1) is 27.9. The van der Waals surface area contributed by atoms with Gasteiger partial charge in [-0.3, -0.25) is 9.69 Å². The van der Waals surface area contributed by atoms with E-state index in [9.17, 15) is 14.7 Å². The highest BCUT2D eigenvalue weighted by molar-refractivity contribution is 6.01. The zero-order chi connectivity index (χ0) is 27.1. The Kier molecular flexibility index (Phi) is 9.63. The van der Waals surface area contributed by atoms with Crippen molar-refractivity contribution in [3.05, 3.63) is 59.7 Å². The zero-order valence-corrected chi connectivity index (χ0v) is 22.9. The number of hydrogen-bond acceptors (Lipinski definition) is 5. The van der Waals surface area contributed by atoms with Crippen LogP contribution in [-0.2, 0) is 6.54 Å². The lowest BCUT2D eigenvalue weighted by Crippen LogP contribution is -2.49.